The van der Waals surface area contributed by atoms with Crippen LogP contribution in [0.1, 0.15) is 25.6 Å². The number of aryl methyl sites for hydroxylation is 1. The number of ether oxygens (including phenoxy) is 2. The fourth-order valence-electron chi connectivity index (χ4n) is 4.24. The first-order chi connectivity index (χ1) is 19.2. The monoisotopic (exact) mass is 553 g/mol. The van der Waals surface area contributed by atoms with Gasteiger partial charge in [-0.2, -0.15) is 0 Å². The second-order valence-corrected chi connectivity index (χ2v) is 10.1. The normalized spacial score (nSPS) is 10.8. The van der Waals surface area contributed by atoms with Crippen molar-refractivity contribution in [1.29, 1.82) is 0 Å². The molecule has 9 nitrogen and oxygen atoms in total. The standard InChI is InChI=1S/C30H23N3O6S/c1-16-8-23(19-9-21(38-2)15-22(10-19)39-3)28(40-16)17-4-6-31-24(11-17)26-13-20(30(36)37)14-27(33-26)25-12-18(29(34)35)5-7-32-25/h4-15H,1-3H3,(H,34,35)(H,36,37). The molecule has 5 aromatic rings. The van der Waals surface area contributed by atoms with E-state index in [0.717, 1.165) is 26.4 Å². The molecule has 0 saturated carbocycles. The molecule has 10 heteroatoms. The zero-order valence-corrected chi connectivity index (χ0v) is 22.5. The molecule has 0 saturated heterocycles. The number of aromatic carboxylic acids is 2. The van der Waals surface area contributed by atoms with Crippen LogP contribution < -0.4 is 9.47 Å². The van der Waals surface area contributed by atoms with Gasteiger partial charge in [0.05, 0.1) is 48.1 Å². The van der Waals surface area contributed by atoms with E-state index in [0.29, 0.717) is 22.9 Å². The maximum atomic E-state index is 12.0. The van der Waals surface area contributed by atoms with Crippen LogP contribution >= 0.6 is 11.3 Å². The van der Waals surface area contributed by atoms with E-state index >= 15 is 0 Å². The molecule has 0 aliphatic heterocycles. The first-order valence-electron chi connectivity index (χ1n) is 12.0. The molecule has 200 valence electrons. The first kappa shape index (κ1) is 26.5. The van der Waals surface area contributed by atoms with E-state index in [4.69, 9.17) is 9.47 Å². The Morgan fingerprint density at radius 2 is 1.27 bits per heavy atom. The number of hydrogen-bond donors (Lipinski definition) is 2. The van der Waals surface area contributed by atoms with Crippen molar-refractivity contribution in [3.05, 3.63) is 89.1 Å². The van der Waals surface area contributed by atoms with Crippen molar-refractivity contribution in [3.63, 3.8) is 0 Å². The van der Waals surface area contributed by atoms with Crippen LogP contribution in [0.15, 0.2) is 73.1 Å². The van der Waals surface area contributed by atoms with Gasteiger partial charge in [0.25, 0.3) is 0 Å². The van der Waals surface area contributed by atoms with Gasteiger partial charge < -0.3 is 19.7 Å². The Labute approximate surface area is 233 Å². The number of benzene rings is 1. The first-order valence-corrected chi connectivity index (χ1v) is 12.8. The van der Waals surface area contributed by atoms with E-state index in [-0.39, 0.29) is 22.5 Å². The summed E-state index contributed by atoms with van der Waals surface area (Å²) in [5, 5.41) is 19.1. The number of carboxylic acids is 2. The average Bonchev–Trinajstić information content (AvgIpc) is 3.38. The smallest absolute Gasteiger partial charge is 0.335 e. The molecule has 5 rings (SSSR count). The lowest BCUT2D eigenvalue weighted by molar-refractivity contribution is 0.0686. The molecule has 0 radical (unpaired) electrons. The van der Waals surface area contributed by atoms with E-state index < -0.39 is 11.9 Å². The number of aromatic nitrogens is 3. The molecule has 0 atom stereocenters. The largest absolute Gasteiger partial charge is 0.497 e. The summed E-state index contributed by atoms with van der Waals surface area (Å²) in [5.74, 6) is -0.938. The van der Waals surface area contributed by atoms with Gasteiger partial charge >= 0.3 is 11.9 Å². The average molecular weight is 554 g/mol. The Hall–Kier alpha value is -5.09. The highest BCUT2D eigenvalue weighted by atomic mass is 32.1. The van der Waals surface area contributed by atoms with Crippen molar-refractivity contribution in [1.82, 2.24) is 15.0 Å². The highest BCUT2D eigenvalue weighted by Crippen LogP contribution is 2.42. The topological polar surface area (TPSA) is 132 Å². The molecule has 0 aliphatic rings. The molecule has 4 heterocycles. The number of carboxylic acid groups (broad SMARTS) is 2. The molecule has 0 fully saturated rings. The summed E-state index contributed by atoms with van der Waals surface area (Å²) in [7, 11) is 3.21. The van der Waals surface area contributed by atoms with Gasteiger partial charge in [0.1, 0.15) is 11.5 Å². The summed E-state index contributed by atoms with van der Waals surface area (Å²) in [4.78, 5) is 38.8. The number of nitrogens with zero attached hydrogens (tertiary/aromatic N) is 3. The number of thiophene rings is 1. The summed E-state index contributed by atoms with van der Waals surface area (Å²) < 4.78 is 10.9. The van der Waals surface area contributed by atoms with Crippen molar-refractivity contribution in [2.75, 3.05) is 14.2 Å². The zero-order chi connectivity index (χ0) is 28.4. The van der Waals surface area contributed by atoms with E-state index in [1.165, 1.54) is 30.5 Å². The predicted octanol–water partition coefficient (Wildman–Crippen LogP) is 6.32. The van der Waals surface area contributed by atoms with Crippen LogP contribution in [0.25, 0.3) is 44.3 Å². The molecule has 4 aromatic heterocycles. The molecule has 40 heavy (non-hydrogen) atoms. The van der Waals surface area contributed by atoms with Crippen LogP contribution in [0.5, 0.6) is 11.5 Å². The van der Waals surface area contributed by atoms with Crippen molar-refractivity contribution in [2.24, 2.45) is 0 Å². The highest BCUT2D eigenvalue weighted by Gasteiger charge is 2.18. The molecule has 0 unspecified atom stereocenters. The van der Waals surface area contributed by atoms with E-state index in [9.17, 15) is 19.8 Å². The second kappa shape index (κ2) is 11.0. The van der Waals surface area contributed by atoms with Gasteiger partial charge in [0.2, 0.25) is 0 Å². The Bertz CT molecular complexity index is 1740. The van der Waals surface area contributed by atoms with Gasteiger partial charge in [-0.05, 0) is 72.6 Å². The van der Waals surface area contributed by atoms with Crippen LogP contribution in [-0.4, -0.2) is 51.3 Å². The third-order valence-corrected chi connectivity index (χ3v) is 7.24. The maximum absolute atomic E-state index is 12.0. The van der Waals surface area contributed by atoms with Gasteiger partial charge in [-0.25, -0.2) is 14.6 Å². The molecular formula is C30H23N3O6S. The van der Waals surface area contributed by atoms with Crippen LogP contribution in [0.2, 0.25) is 0 Å². The lowest BCUT2D eigenvalue weighted by atomic mass is 10.0. The van der Waals surface area contributed by atoms with Crippen LogP contribution in [0, 0.1) is 6.92 Å². The summed E-state index contributed by atoms with van der Waals surface area (Å²) in [6.45, 7) is 2.03. The van der Waals surface area contributed by atoms with Gasteiger partial charge in [-0.1, -0.05) is 0 Å². The molecule has 2 N–H and O–H groups in total. The number of methoxy groups -OCH3 is 2. The Kier molecular flexibility index (Phi) is 7.26. The summed E-state index contributed by atoms with van der Waals surface area (Å²) in [6.07, 6.45) is 2.99. The molecule has 0 aliphatic carbocycles. The lowest BCUT2D eigenvalue weighted by Crippen LogP contribution is -2.02. The number of pyridine rings is 3. The quantitative estimate of drug-likeness (QED) is 0.226. The van der Waals surface area contributed by atoms with Crippen molar-refractivity contribution < 1.29 is 29.3 Å². The van der Waals surface area contributed by atoms with Crippen LogP contribution in [-0.2, 0) is 0 Å². The Morgan fingerprint density at radius 3 is 1.88 bits per heavy atom. The highest BCUT2D eigenvalue weighted by molar-refractivity contribution is 7.16. The second-order valence-electron chi connectivity index (χ2n) is 8.80. The summed E-state index contributed by atoms with van der Waals surface area (Å²) >= 11 is 1.62. The minimum atomic E-state index is -1.15. The summed E-state index contributed by atoms with van der Waals surface area (Å²) in [6, 6.07) is 17.0. The van der Waals surface area contributed by atoms with Gasteiger partial charge in [-0.3, -0.25) is 9.97 Å². The van der Waals surface area contributed by atoms with Crippen LogP contribution in [0.3, 0.4) is 0 Å². The van der Waals surface area contributed by atoms with Crippen molar-refractivity contribution in [3.8, 4) is 55.8 Å². The van der Waals surface area contributed by atoms with Crippen molar-refractivity contribution >= 4 is 23.3 Å². The molecular weight excluding hydrogens is 530 g/mol. The Morgan fingerprint density at radius 1 is 0.700 bits per heavy atom. The van der Waals surface area contributed by atoms with E-state index in [1.54, 1.807) is 31.8 Å². The van der Waals surface area contributed by atoms with Crippen LogP contribution in [0.4, 0.5) is 0 Å². The maximum Gasteiger partial charge on any atom is 0.335 e. The predicted molar refractivity (Wildman–Crippen MR) is 151 cm³/mol. The molecule has 0 amide bonds. The minimum Gasteiger partial charge on any atom is -0.497 e. The number of rotatable bonds is 8. The minimum absolute atomic E-state index is 0.0176. The van der Waals surface area contributed by atoms with E-state index in [1.807, 2.05) is 37.3 Å². The number of carbonyl (C=O) groups is 2. The zero-order valence-electron chi connectivity index (χ0n) is 21.7. The number of hydrogen-bond acceptors (Lipinski definition) is 8. The van der Waals surface area contributed by atoms with E-state index in [2.05, 4.69) is 21.0 Å². The van der Waals surface area contributed by atoms with Gasteiger partial charge in [-0.15, -0.1) is 11.3 Å². The molecule has 1 aromatic carbocycles. The Balaban J connectivity index is 1.63. The fourth-order valence-corrected chi connectivity index (χ4v) is 5.27. The SMILES string of the molecule is COc1cc(OC)cc(-c2cc(C)sc2-c2ccnc(-c3cc(C(=O)O)cc(-c4cc(C(=O)O)ccn4)n3)c2)c1. The lowest BCUT2D eigenvalue weighted by Gasteiger charge is -2.11. The van der Waals surface area contributed by atoms with Crippen molar-refractivity contribution in [2.45, 2.75) is 6.92 Å². The molecule has 0 bridgehead atoms. The summed E-state index contributed by atoms with van der Waals surface area (Å²) in [5.41, 5.74) is 4.01. The third-order valence-electron chi connectivity index (χ3n) is 6.14. The molecule has 0 spiro atoms. The van der Waals surface area contributed by atoms with Gasteiger partial charge in [0.15, 0.2) is 0 Å². The third kappa shape index (κ3) is 5.38. The fraction of sp³-hybridized carbons (Fsp3) is 0.100. The van der Waals surface area contributed by atoms with Gasteiger partial charge in [0, 0.05) is 33.8 Å².